The van der Waals surface area contributed by atoms with Crippen molar-refractivity contribution >= 4 is 29.7 Å². The zero-order valence-corrected chi connectivity index (χ0v) is 48.5. The van der Waals surface area contributed by atoms with E-state index in [9.17, 15) is 49.5 Å². The van der Waals surface area contributed by atoms with Gasteiger partial charge in [-0.2, -0.15) is 0 Å². The molecule has 0 radical (unpaired) electrons. The first-order valence-electron chi connectivity index (χ1n) is 28.2. The van der Waals surface area contributed by atoms with Gasteiger partial charge >= 0.3 is 23.9 Å². The predicted molar refractivity (Wildman–Crippen MR) is 281 cm³/mol. The third-order valence-electron chi connectivity index (χ3n) is 19.5. The number of carbonyl (C=O) groups is 5. The van der Waals surface area contributed by atoms with E-state index in [-0.39, 0.29) is 81.8 Å². The summed E-state index contributed by atoms with van der Waals surface area (Å²) in [5.74, 6) is -7.62. The summed E-state index contributed by atoms with van der Waals surface area (Å²) in [5.41, 5.74) is -9.73. The molecular weight excluding hydrogens is 1000 g/mol. The standard InChI is InChI=1S/C58H93FN2O16/c1-16-44-56(12,70)48(66)36(7)61(15)30-31(2)28-55(11,69)49(77-51-47(74-37(8)62)42(60(13)14)26-33(4)73-51)34(5)46(35(6)50(67)75-44)76-45(65)19-17-18-24-72-52(68)58(71)32(3)25-41-40-21-20-38-27-39(63)22-23-53(38,9)57(40,59)43(64)29-54(41,58)10/h20,22-23,31-36,40-44,46-49,51,64,66,69-71H,16-19,21,24-30H2,1-15H3/t31-,32-,33-,34+,35-,36-,40?,41?,42-,43+,44-,46+,47-,48-,49-,51+,53+,54+,55-,56-,57+,58+/m1/s1. The lowest BCUT2D eigenvalue weighted by Gasteiger charge is -2.61. The molecule has 19 heteroatoms. The van der Waals surface area contributed by atoms with E-state index in [1.165, 1.54) is 26.8 Å². The molecule has 2 unspecified atom stereocenters. The molecule has 0 aromatic heterocycles. The van der Waals surface area contributed by atoms with Gasteiger partial charge in [-0.3, -0.25) is 19.2 Å². The van der Waals surface area contributed by atoms with Crippen molar-refractivity contribution in [2.75, 3.05) is 34.3 Å². The van der Waals surface area contributed by atoms with Crippen LogP contribution in [0.2, 0.25) is 0 Å². The van der Waals surface area contributed by atoms with Gasteiger partial charge in [-0.25, -0.2) is 9.18 Å². The van der Waals surface area contributed by atoms with Crippen molar-refractivity contribution in [1.82, 2.24) is 9.80 Å². The number of alkyl halides is 1. The van der Waals surface area contributed by atoms with Crippen LogP contribution in [0.1, 0.15) is 147 Å². The highest BCUT2D eigenvalue weighted by molar-refractivity contribution is 5.93. The number of carbonyl (C=O) groups excluding carboxylic acids is 5. The molecule has 4 fully saturated rings. The largest absolute Gasteiger partial charge is 0.464 e. The van der Waals surface area contributed by atoms with Gasteiger partial charge in [-0.05, 0) is 138 Å². The Morgan fingerprint density at radius 3 is 2.21 bits per heavy atom. The number of halogens is 1. The van der Waals surface area contributed by atoms with E-state index in [0.29, 0.717) is 25.0 Å². The summed E-state index contributed by atoms with van der Waals surface area (Å²) in [4.78, 5) is 71.5. The number of esters is 4. The molecule has 22 atom stereocenters. The second-order valence-electron chi connectivity index (χ2n) is 25.4. The van der Waals surface area contributed by atoms with Crippen molar-refractivity contribution in [3.05, 3.63) is 23.8 Å². The van der Waals surface area contributed by atoms with Crippen LogP contribution in [0.25, 0.3) is 0 Å². The Hall–Kier alpha value is -3.40. The first kappa shape index (κ1) is 62.8. The molecule has 0 amide bonds. The van der Waals surface area contributed by atoms with Crippen LogP contribution in [0.15, 0.2) is 23.8 Å². The van der Waals surface area contributed by atoms with Crippen molar-refractivity contribution in [3.8, 4) is 0 Å². The first-order chi connectivity index (χ1) is 35.6. The fourth-order valence-corrected chi connectivity index (χ4v) is 15.0. The summed E-state index contributed by atoms with van der Waals surface area (Å²) in [6.07, 6.45) is -3.25. The number of cyclic esters (lactones) is 1. The number of hydrogen-bond acceptors (Lipinski definition) is 18. The maximum Gasteiger partial charge on any atom is 0.338 e. The van der Waals surface area contributed by atoms with Crippen LogP contribution in [0.3, 0.4) is 0 Å². The maximum atomic E-state index is 17.7. The fourth-order valence-electron chi connectivity index (χ4n) is 15.0. The molecule has 0 aromatic carbocycles. The molecule has 5 N–H and O–H groups in total. The Labute approximate surface area is 455 Å². The molecule has 0 bridgehead atoms. The van der Waals surface area contributed by atoms with Crippen molar-refractivity contribution in [3.63, 3.8) is 0 Å². The number of allylic oxidation sites excluding steroid dienone is 4. The number of fused-ring (bicyclic) bond motifs is 5. The number of ether oxygens (including phenoxy) is 6. The van der Waals surface area contributed by atoms with E-state index in [0.717, 1.165) is 0 Å². The van der Waals surface area contributed by atoms with Gasteiger partial charge in [0, 0.05) is 55.0 Å². The van der Waals surface area contributed by atoms with E-state index in [2.05, 4.69) is 0 Å². The molecule has 0 spiro atoms. The lowest BCUT2D eigenvalue weighted by molar-refractivity contribution is -0.301. The Kier molecular flexibility index (Phi) is 19.2. The van der Waals surface area contributed by atoms with Gasteiger partial charge in [0.2, 0.25) is 0 Å². The molecule has 2 aliphatic heterocycles. The van der Waals surface area contributed by atoms with Crippen LogP contribution in [-0.2, 0) is 52.4 Å². The molecule has 2 saturated carbocycles. The SMILES string of the molecule is CC[C@H]1OC(=O)[C@H](C)[C@@H](OC(=O)CCCCOC(=O)[C@@]2(O)[C@H](C)CC3C4CC=C5CC(=O)C=C[C@]5(C)[C@@]4(F)[C@@H](O)C[C@@]32C)[C@H](C)[C@@H](O[C@@H]2O[C@H](C)C[C@@H](N(C)C)[C@H]2OC(C)=O)[C@](C)(O)C[C@@H](C)CN(C)[C@H](C)[C@@H](O)[C@]1(C)O. The second-order valence-corrected chi connectivity index (χ2v) is 25.4. The first-order valence-corrected chi connectivity index (χ1v) is 28.2. The average Bonchev–Trinajstić information content (AvgIpc) is 3.79. The molecule has 18 nitrogen and oxygen atoms in total. The summed E-state index contributed by atoms with van der Waals surface area (Å²) in [5, 5.41) is 60.5. The van der Waals surface area contributed by atoms with Gasteiger partial charge in [0.15, 0.2) is 29.4 Å². The average molecular weight is 1090 g/mol. The summed E-state index contributed by atoms with van der Waals surface area (Å²) in [7, 11) is 5.49. The highest BCUT2D eigenvalue weighted by Gasteiger charge is 2.76. The van der Waals surface area contributed by atoms with Gasteiger partial charge in [0.1, 0.15) is 23.9 Å². The quantitative estimate of drug-likeness (QED) is 0.0733. The minimum atomic E-state index is -2.14. The van der Waals surface area contributed by atoms with Crippen molar-refractivity contribution in [2.24, 2.45) is 46.3 Å². The Balaban J connectivity index is 1.22. The van der Waals surface area contributed by atoms with E-state index in [4.69, 9.17) is 28.4 Å². The van der Waals surface area contributed by atoms with E-state index in [1.807, 2.05) is 43.8 Å². The van der Waals surface area contributed by atoms with Gasteiger partial charge in [-0.15, -0.1) is 0 Å². The van der Waals surface area contributed by atoms with E-state index >= 15 is 4.39 Å². The van der Waals surface area contributed by atoms with Crippen molar-refractivity contribution < 1.29 is 82.3 Å². The van der Waals surface area contributed by atoms with Crippen LogP contribution in [-0.4, -0.2) is 183 Å². The number of hydrogen-bond donors (Lipinski definition) is 5. The topological polar surface area (TPSA) is 248 Å². The number of aliphatic hydroxyl groups is 5. The molecule has 0 aromatic rings. The number of rotatable bonds is 12. The Morgan fingerprint density at radius 1 is 0.922 bits per heavy atom. The fraction of sp³-hybridized carbons (Fsp3) is 0.845. The number of unbranched alkanes of at least 4 members (excludes halogenated alkanes) is 1. The van der Waals surface area contributed by atoms with E-state index < -0.39 is 136 Å². The van der Waals surface area contributed by atoms with Crippen LogP contribution in [0, 0.1) is 46.3 Å². The number of ketones is 1. The third-order valence-corrected chi connectivity index (χ3v) is 19.5. The second kappa shape index (κ2) is 23.6. The Morgan fingerprint density at radius 2 is 1.58 bits per heavy atom. The summed E-state index contributed by atoms with van der Waals surface area (Å²) in [6, 6.07) is -0.985. The minimum absolute atomic E-state index is 0.0681. The number of aliphatic hydroxyl groups excluding tert-OH is 2. The molecule has 6 aliphatic rings. The molecule has 4 aliphatic carbocycles. The smallest absolute Gasteiger partial charge is 0.338 e. The highest BCUT2D eigenvalue weighted by atomic mass is 19.1. The summed E-state index contributed by atoms with van der Waals surface area (Å²) < 4.78 is 54.9. The van der Waals surface area contributed by atoms with Crippen LogP contribution >= 0.6 is 0 Å². The molecule has 438 valence electrons. The van der Waals surface area contributed by atoms with Gasteiger partial charge in [0.25, 0.3) is 0 Å². The van der Waals surface area contributed by atoms with Gasteiger partial charge in [0.05, 0.1) is 42.5 Å². The molecule has 6 rings (SSSR count). The lowest BCUT2D eigenvalue weighted by Crippen LogP contribution is -2.69. The minimum Gasteiger partial charge on any atom is -0.464 e. The summed E-state index contributed by atoms with van der Waals surface area (Å²) in [6.45, 7) is 20.0. The zero-order chi connectivity index (χ0) is 57.7. The third kappa shape index (κ3) is 11.7. The van der Waals surface area contributed by atoms with Crippen LogP contribution < -0.4 is 0 Å². The van der Waals surface area contributed by atoms with Crippen molar-refractivity contribution in [2.45, 2.75) is 231 Å². The zero-order valence-electron chi connectivity index (χ0n) is 48.5. The van der Waals surface area contributed by atoms with Gasteiger partial charge in [-0.1, -0.05) is 52.3 Å². The number of likely N-dealkylation sites (N-methyl/N-ethyl adjacent to an activating group) is 2. The normalized spacial score (nSPS) is 46.1. The molecule has 2 saturated heterocycles. The molecular formula is C58H93FN2O16. The van der Waals surface area contributed by atoms with Crippen LogP contribution in [0.4, 0.5) is 4.39 Å². The van der Waals surface area contributed by atoms with Crippen LogP contribution in [0.5, 0.6) is 0 Å². The highest BCUT2D eigenvalue weighted by Crippen LogP contribution is 2.70. The van der Waals surface area contributed by atoms with Crippen molar-refractivity contribution in [1.29, 1.82) is 0 Å². The molecule has 77 heavy (non-hydrogen) atoms. The predicted octanol–water partition coefficient (Wildman–Crippen LogP) is 5.16. The molecule has 2 heterocycles. The van der Waals surface area contributed by atoms with Gasteiger partial charge < -0.3 is 63.8 Å². The Bertz CT molecular complexity index is 2220. The summed E-state index contributed by atoms with van der Waals surface area (Å²) >= 11 is 0. The number of nitrogens with zero attached hydrogens (tertiary/aromatic N) is 2. The van der Waals surface area contributed by atoms with E-state index in [1.54, 1.807) is 61.6 Å². The lowest BCUT2D eigenvalue weighted by atomic mass is 9.45. The monoisotopic (exact) mass is 1090 g/mol. The maximum absolute atomic E-state index is 17.7.